The second-order valence-electron chi connectivity index (χ2n) is 2.54. The van der Waals surface area contributed by atoms with Gasteiger partial charge in [-0.3, -0.25) is 4.39 Å². The van der Waals surface area contributed by atoms with Crippen LogP contribution in [0.4, 0.5) is 4.39 Å². The van der Waals surface area contributed by atoms with Crippen LogP contribution in [0.5, 0.6) is 0 Å². The SMILES string of the molecule is CC/C(O)=C(/Br)CC(O)CCF. The maximum Gasteiger partial charge on any atom is 0.102 e. The van der Waals surface area contributed by atoms with E-state index in [1.807, 2.05) is 0 Å². The fraction of sp³-hybridized carbons (Fsp3) is 0.750. The Balaban J connectivity index is 3.90. The van der Waals surface area contributed by atoms with E-state index in [0.717, 1.165) is 0 Å². The average molecular weight is 241 g/mol. The minimum atomic E-state index is -0.710. The molecule has 0 spiro atoms. The van der Waals surface area contributed by atoms with E-state index >= 15 is 0 Å². The second kappa shape index (κ2) is 6.43. The Bertz CT molecular complexity index is 159. The predicted molar refractivity (Wildman–Crippen MR) is 50.1 cm³/mol. The molecule has 0 aliphatic rings. The topological polar surface area (TPSA) is 40.5 Å². The highest BCUT2D eigenvalue weighted by atomic mass is 79.9. The fourth-order valence-corrected chi connectivity index (χ4v) is 1.40. The molecule has 0 radical (unpaired) electrons. The molecule has 72 valence electrons. The van der Waals surface area contributed by atoms with Crippen LogP contribution in [-0.2, 0) is 0 Å². The highest BCUT2D eigenvalue weighted by Gasteiger charge is 2.08. The zero-order chi connectivity index (χ0) is 9.56. The van der Waals surface area contributed by atoms with E-state index in [4.69, 9.17) is 5.11 Å². The van der Waals surface area contributed by atoms with E-state index in [9.17, 15) is 9.50 Å². The van der Waals surface area contributed by atoms with Crippen molar-refractivity contribution < 1.29 is 14.6 Å². The third-order valence-corrected chi connectivity index (χ3v) is 2.29. The standard InChI is InChI=1S/C8H14BrFO2/c1-2-8(12)7(9)5-6(11)3-4-10/h6,11-12H,2-5H2,1H3/b8-7-. The van der Waals surface area contributed by atoms with E-state index in [0.29, 0.717) is 10.9 Å². The molecular weight excluding hydrogens is 227 g/mol. The lowest BCUT2D eigenvalue weighted by Gasteiger charge is -2.08. The molecule has 4 heteroatoms. The summed E-state index contributed by atoms with van der Waals surface area (Å²) in [5.74, 6) is 0.216. The van der Waals surface area contributed by atoms with Gasteiger partial charge in [0.25, 0.3) is 0 Å². The first-order chi connectivity index (χ1) is 5.61. The summed E-state index contributed by atoms with van der Waals surface area (Å²) in [6, 6.07) is 0. The molecule has 0 heterocycles. The van der Waals surface area contributed by atoms with E-state index < -0.39 is 12.8 Å². The molecule has 1 unspecified atom stereocenters. The molecule has 0 aromatic rings. The van der Waals surface area contributed by atoms with Crippen molar-refractivity contribution >= 4 is 15.9 Å². The van der Waals surface area contributed by atoms with Gasteiger partial charge >= 0.3 is 0 Å². The molecule has 0 saturated heterocycles. The first kappa shape index (κ1) is 11.9. The molecule has 0 rings (SSSR count). The van der Waals surface area contributed by atoms with Crippen molar-refractivity contribution in [2.24, 2.45) is 0 Å². The van der Waals surface area contributed by atoms with Crippen molar-refractivity contribution in [3.63, 3.8) is 0 Å². The molecule has 0 aromatic heterocycles. The van der Waals surface area contributed by atoms with Gasteiger partial charge in [-0.15, -0.1) is 0 Å². The van der Waals surface area contributed by atoms with Gasteiger partial charge in [-0.2, -0.15) is 0 Å². The maximum absolute atomic E-state index is 11.7. The van der Waals surface area contributed by atoms with Crippen molar-refractivity contribution in [3.05, 3.63) is 10.2 Å². The molecule has 0 aromatic carbocycles. The molecule has 0 bridgehead atoms. The molecule has 1 atom stereocenters. The summed E-state index contributed by atoms with van der Waals surface area (Å²) in [4.78, 5) is 0. The number of alkyl halides is 1. The van der Waals surface area contributed by atoms with Gasteiger partial charge in [-0.1, -0.05) is 22.9 Å². The highest BCUT2D eigenvalue weighted by Crippen LogP contribution is 2.19. The summed E-state index contributed by atoms with van der Waals surface area (Å²) in [5.41, 5.74) is 0. The zero-order valence-corrected chi connectivity index (χ0v) is 8.64. The van der Waals surface area contributed by atoms with E-state index in [-0.39, 0.29) is 18.6 Å². The summed E-state index contributed by atoms with van der Waals surface area (Å²) in [6.07, 6.45) is 0.205. The van der Waals surface area contributed by atoms with E-state index in [2.05, 4.69) is 15.9 Å². The number of halogens is 2. The molecule has 0 fully saturated rings. The zero-order valence-electron chi connectivity index (χ0n) is 7.06. The first-order valence-corrected chi connectivity index (χ1v) is 4.71. The largest absolute Gasteiger partial charge is 0.511 e. The summed E-state index contributed by atoms with van der Waals surface area (Å²) in [7, 11) is 0. The molecule has 0 amide bonds. The van der Waals surface area contributed by atoms with Gasteiger partial charge in [0.15, 0.2) is 0 Å². The van der Waals surface area contributed by atoms with E-state index in [1.165, 1.54) is 0 Å². The second-order valence-corrected chi connectivity index (χ2v) is 3.50. The Morgan fingerprint density at radius 3 is 2.58 bits per heavy atom. The minimum Gasteiger partial charge on any atom is -0.511 e. The Morgan fingerprint density at radius 1 is 1.58 bits per heavy atom. The molecule has 0 saturated carbocycles. The van der Waals surface area contributed by atoms with Crippen molar-refractivity contribution in [3.8, 4) is 0 Å². The van der Waals surface area contributed by atoms with Crippen molar-refractivity contribution in [1.29, 1.82) is 0 Å². The summed E-state index contributed by atoms with van der Waals surface area (Å²) < 4.78 is 12.3. The summed E-state index contributed by atoms with van der Waals surface area (Å²) in [5, 5.41) is 18.3. The van der Waals surface area contributed by atoms with Crippen LogP contribution in [0.3, 0.4) is 0 Å². The quantitative estimate of drug-likeness (QED) is 0.726. The van der Waals surface area contributed by atoms with Crippen LogP contribution in [0.25, 0.3) is 0 Å². The molecule has 12 heavy (non-hydrogen) atoms. The van der Waals surface area contributed by atoms with Gasteiger partial charge in [0.05, 0.1) is 12.8 Å². The lowest BCUT2D eigenvalue weighted by molar-refractivity contribution is 0.154. The molecular formula is C8H14BrFO2. The summed E-state index contributed by atoms with van der Waals surface area (Å²) >= 11 is 3.12. The number of allylic oxidation sites excluding steroid dienone is 1. The molecule has 2 N–H and O–H groups in total. The number of rotatable bonds is 5. The number of hydrogen-bond donors (Lipinski definition) is 2. The van der Waals surface area contributed by atoms with Crippen molar-refractivity contribution in [2.45, 2.75) is 32.3 Å². The van der Waals surface area contributed by atoms with E-state index in [1.54, 1.807) is 6.92 Å². The third kappa shape index (κ3) is 4.72. The average Bonchev–Trinajstić information content (AvgIpc) is 2.03. The Labute approximate surface area is 80.2 Å². The van der Waals surface area contributed by atoms with Crippen LogP contribution in [0, 0.1) is 0 Å². The van der Waals surface area contributed by atoms with Gasteiger partial charge in [-0.05, 0) is 0 Å². The molecule has 2 nitrogen and oxygen atoms in total. The molecule has 0 aliphatic carbocycles. The Kier molecular flexibility index (Phi) is 6.38. The maximum atomic E-state index is 11.7. The van der Waals surface area contributed by atoms with Crippen LogP contribution in [0.15, 0.2) is 10.2 Å². The number of aliphatic hydroxyl groups is 2. The van der Waals surface area contributed by atoms with Gasteiger partial charge < -0.3 is 10.2 Å². The lowest BCUT2D eigenvalue weighted by atomic mass is 10.2. The Hall–Kier alpha value is -0.0900. The molecule has 0 aliphatic heterocycles. The smallest absolute Gasteiger partial charge is 0.102 e. The normalized spacial score (nSPS) is 15.7. The first-order valence-electron chi connectivity index (χ1n) is 3.92. The third-order valence-electron chi connectivity index (χ3n) is 1.51. The fourth-order valence-electron chi connectivity index (χ4n) is 0.745. The van der Waals surface area contributed by atoms with Crippen LogP contribution < -0.4 is 0 Å². The van der Waals surface area contributed by atoms with Crippen LogP contribution >= 0.6 is 15.9 Å². The lowest BCUT2D eigenvalue weighted by Crippen LogP contribution is -2.07. The summed E-state index contributed by atoms with van der Waals surface area (Å²) in [6.45, 7) is 1.27. The highest BCUT2D eigenvalue weighted by molar-refractivity contribution is 9.11. The van der Waals surface area contributed by atoms with Crippen LogP contribution in [0.1, 0.15) is 26.2 Å². The van der Waals surface area contributed by atoms with Crippen LogP contribution in [-0.4, -0.2) is 23.0 Å². The number of aliphatic hydroxyl groups excluding tert-OH is 2. The van der Waals surface area contributed by atoms with Gasteiger partial charge in [0.2, 0.25) is 0 Å². The Morgan fingerprint density at radius 2 is 2.17 bits per heavy atom. The van der Waals surface area contributed by atoms with Gasteiger partial charge in [-0.25, -0.2) is 0 Å². The van der Waals surface area contributed by atoms with Crippen LogP contribution in [0.2, 0.25) is 0 Å². The monoisotopic (exact) mass is 240 g/mol. The predicted octanol–water partition coefficient (Wildman–Crippen LogP) is 2.67. The number of hydrogen-bond acceptors (Lipinski definition) is 2. The minimum absolute atomic E-state index is 0.117. The van der Waals surface area contributed by atoms with Crippen molar-refractivity contribution in [1.82, 2.24) is 0 Å². The van der Waals surface area contributed by atoms with Gasteiger partial charge in [0, 0.05) is 23.7 Å². The van der Waals surface area contributed by atoms with Gasteiger partial charge in [0.1, 0.15) is 5.76 Å². The van der Waals surface area contributed by atoms with Crippen molar-refractivity contribution in [2.75, 3.05) is 6.67 Å².